The number of hydrogen-bond donors (Lipinski definition) is 1. The van der Waals surface area contributed by atoms with Crippen LogP contribution in [-0.2, 0) is 9.53 Å². The van der Waals surface area contributed by atoms with Crippen molar-refractivity contribution in [2.24, 2.45) is 0 Å². The molecule has 5 heteroatoms. The van der Waals surface area contributed by atoms with E-state index in [1.807, 2.05) is 55.5 Å². The summed E-state index contributed by atoms with van der Waals surface area (Å²) in [5, 5.41) is 2.86. The van der Waals surface area contributed by atoms with Crippen molar-refractivity contribution in [1.82, 2.24) is 0 Å². The van der Waals surface area contributed by atoms with Crippen molar-refractivity contribution < 1.29 is 19.0 Å². The Morgan fingerprint density at radius 1 is 1.23 bits per heavy atom. The van der Waals surface area contributed by atoms with Gasteiger partial charge in [0.05, 0.1) is 6.10 Å². The molecule has 2 aromatic carbocycles. The molecular formula is C21H25NO4. The first-order valence-corrected chi connectivity index (χ1v) is 8.99. The molecule has 2 atom stereocenters. The first-order valence-electron chi connectivity index (χ1n) is 8.99. The number of nitrogens with one attached hydrogen (secondary N) is 1. The highest BCUT2D eigenvalue weighted by atomic mass is 16.5. The number of amides is 1. The molecule has 0 spiro atoms. The molecule has 1 heterocycles. The van der Waals surface area contributed by atoms with E-state index in [-0.39, 0.29) is 12.0 Å². The minimum Gasteiger partial charge on any atom is -0.491 e. The fraction of sp³-hybridized carbons (Fsp3) is 0.381. The average molecular weight is 355 g/mol. The van der Waals surface area contributed by atoms with Gasteiger partial charge in [-0.05, 0) is 68.7 Å². The van der Waals surface area contributed by atoms with Gasteiger partial charge in [-0.3, -0.25) is 4.79 Å². The third kappa shape index (κ3) is 5.23. The highest BCUT2D eigenvalue weighted by molar-refractivity contribution is 5.94. The van der Waals surface area contributed by atoms with E-state index in [1.165, 1.54) is 0 Å². The zero-order chi connectivity index (χ0) is 18.4. The molecule has 26 heavy (non-hydrogen) atoms. The maximum absolute atomic E-state index is 12.3. The van der Waals surface area contributed by atoms with Crippen molar-refractivity contribution in [3.8, 4) is 11.5 Å². The normalized spacial score (nSPS) is 17.5. The molecule has 1 aliphatic heterocycles. The smallest absolute Gasteiger partial charge is 0.265 e. The largest absolute Gasteiger partial charge is 0.491 e. The molecule has 138 valence electrons. The van der Waals surface area contributed by atoms with Crippen LogP contribution in [0, 0.1) is 6.92 Å². The molecule has 0 saturated carbocycles. The van der Waals surface area contributed by atoms with E-state index < -0.39 is 6.10 Å². The summed E-state index contributed by atoms with van der Waals surface area (Å²) >= 11 is 0. The summed E-state index contributed by atoms with van der Waals surface area (Å²) < 4.78 is 17.0. The van der Waals surface area contributed by atoms with E-state index in [4.69, 9.17) is 14.2 Å². The maximum Gasteiger partial charge on any atom is 0.265 e. The van der Waals surface area contributed by atoms with E-state index in [0.29, 0.717) is 18.0 Å². The van der Waals surface area contributed by atoms with Crippen LogP contribution >= 0.6 is 0 Å². The molecular weight excluding hydrogens is 330 g/mol. The summed E-state index contributed by atoms with van der Waals surface area (Å²) in [5.74, 6) is 1.26. The van der Waals surface area contributed by atoms with Crippen molar-refractivity contribution in [3.63, 3.8) is 0 Å². The van der Waals surface area contributed by atoms with Crippen molar-refractivity contribution in [2.75, 3.05) is 18.5 Å². The van der Waals surface area contributed by atoms with Crippen molar-refractivity contribution in [1.29, 1.82) is 0 Å². The van der Waals surface area contributed by atoms with Gasteiger partial charge in [-0.2, -0.15) is 0 Å². The molecule has 0 radical (unpaired) electrons. The summed E-state index contributed by atoms with van der Waals surface area (Å²) in [7, 11) is 0. The summed E-state index contributed by atoms with van der Waals surface area (Å²) in [6.07, 6.45) is 1.75. The summed E-state index contributed by atoms with van der Waals surface area (Å²) in [6, 6.07) is 15.0. The van der Waals surface area contributed by atoms with E-state index in [9.17, 15) is 4.79 Å². The molecule has 0 aromatic heterocycles. The fourth-order valence-corrected chi connectivity index (χ4v) is 2.79. The van der Waals surface area contributed by atoms with Crippen LogP contribution in [-0.4, -0.2) is 31.3 Å². The molecule has 1 amide bonds. The van der Waals surface area contributed by atoms with Gasteiger partial charge in [-0.25, -0.2) is 0 Å². The lowest BCUT2D eigenvalue weighted by Gasteiger charge is -2.15. The standard InChI is InChI=1S/C21H25NO4/c1-15-5-3-6-19(13-15)26-16(2)21(23)22-17-8-10-18(11-9-17)25-14-20-7-4-12-24-20/h3,5-6,8-11,13,16,20H,4,7,12,14H2,1-2H3,(H,22,23)/t16-,20-/m0/s1. The predicted octanol–water partition coefficient (Wildman–Crippen LogP) is 3.96. The third-order valence-electron chi connectivity index (χ3n) is 4.25. The van der Waals surface area contributed by atoms with E-state index in [1.54, 1.807) is 6.92 Å². The van der Waals surface area contributed by atoms with Crippen LogP contribution in [0.1, 0.15) is 25.3 Å². The molecule has 1 N–H and O–H groups in total. The predicted molar refractivity (Wildman–Crippen MR) is 101 cm³/mol. The van der Waals surface area contributed by atoms with Gasteiger partial charge in [0.25, 0.3) is 5.91 Å². The van der Waals surface area contributed by atoms with Crippen LogP contribution in [0.4, 0.5) is 5.69 Å². The zero-order valence-corrected chi connectivity index (χ0v) is 15.2. The second-order valence-electron chi connectivity index (χ2n) is 6.54. The molecule has 0 bridgehead atoms. The van der Waals surface area contributed by atoms with Gasteiger partial charge in [0.1, 0.15) is 18.1 Å². The summed E-state index contributed by atoms with van der Waals surface area (Å²) in [4.78, 5) is 12.3. The lowest BCUT2D eigenvalue weighted by molar-refractivity contribution is -0.122. The number of carbonyl (C=O) groups excluding carboxylic acids is 1. The SMILES string of the molecule is Cc1cccc(O[C@@H](C)C(=O)Nc2ccc(OC[C@@H]3CCCO3)cc2)c1. The van der Waals surface area contributed by atoms with Gasteiger partial charge in [0.15, 0.2) is 6.10 Å². The van der Waals surface area contributed by atoms with Crippen molar-refractivity contribution >= 4 is 11.6 Å². The van der Waals surface area contributed by atoms with Gasteiger partial charge < -0.3 is 19.5 Å². The van der Waals surface area contributed by atoms with Crippen LogP contribution in [0.2, 0.25) is 0 Å². The van der Waals surface area contributed by atoms with Crippen molar-refractivity contribution in [3.05, 3.63) is 54.1 Å². The lowest BCUT2D eigenvalue weighted by atomic mass is 10.2. The van der Waals surface area contributed by atoms with Crippen molar-refractivity contribution in [2.45, 2.75) is 38.9 Å². The lowest BCUT2D eigenvalue weighted by Crippen LogP contribution is -2.30. The first kappa shape index (κ1) is 18.3. The summed E-state index contributed by atoms with van der Waals surface area (Å²) in [6.45, 7) is 5.10. The minimum absolute atomic E-state index is 0.189. The van der Waals surface area contributed by atoms with Crippen LogP contribution in [0.3, 0.4) is 0 Å². The van der Waals surface area contributed by atoms with E-state index in [0.717, 1.165) is 30.8 Å². The van der Waals surface area contributed by atoms with Crippen LogP contribution < -0.4 is 14.8 Å². The topological polar surface area (TPSA) is 56.8 Å². The van der Waals surface area contributed by atoms with Crippen LogP contribution in [0.15, 0.2) is 48.5 Å². The molecule has 1 fully saturated rings. The average Bonchev–Trinajstić information content (AvgIpc) is 3.14. The Labute approximate surface area is 154 Å². The third-order valence-corrected chi connectivity index (χ3v) is 4.25. The Morgan fingerprint density at radius 2 is 2.04 bits per heavy atom. The minimum atomic E-state index is -0.591. The maximum atomic E-state index is 12.3. The molecule has 2 aromatic rings. The number of anilines is 1. The fourth-order valence-electron chi connectivity index (χ4n) is 2.79. The number of rotatable bonds is 7. The number of hydrogen-bond acceptors (Lipinski definition) is 4. The second-order valence-corrected chi connectivity index (χ2v) is 6.54. The Kier molecular flexibility index (Phi) is 6.12. The quantitative estimate of drug-likeness (QED) is 0.817. The summed E-state index contributed by atoms with van der Waals surface area (Å²) in [5.41, 5.74) is 1.80. The Balaban J connectivity index is 1.48. The zero-order valence-electron chi connectivity index (χ0n) is 15.2. The Hall–Kier alpha value is -2.53. The van der Waals surface area contributed by atoms with Gasteiger partial charge in [0, 0.05) is 12.3 Å². The highest BCUT2D eigenvalue weighted by Gasteiger charge is 2.17. The Bertz CT molecular complexity index is 723. The Morgan fingerprint density at radius 3 is 2.73 bits per heavy atom. The molecule has 0 aliphatic carbocycles. The first-order chi connectivity index (χ1) is 12.6. The van der Waals surface area contributed by atoms with Crippen LogP contribution in [0.5, 0.6) is 11.5 Å². The number of benzene rings is 2. The van der Waals surface area contributed by atoms with Gasteiger partial charge in [-0.15, -0.1) is 0 Å². The van der Waals surface area contributed by atoms with Crippen LogP contribution in [0.25, 0.3) is 0 Å². The van der Waals surface area contributed by atoms with Gasteiger partial charge in [0.2, 0.25) is 0 Å². The number of carbonyl (C=O) groups is 1. The van der Waals surface area contributed by atoms with Gasteiger partial charge in [-0.1, -0.05) is 12.1 Å². The molecule has 0 unspecified atom stereocenters. The number of ether oxygens (including phenoxy) is 3. The molecule has 1 aliphatic rings. The highest BCUT2D eigenvalue weighted by Crippen LogP contribution is 2.19. The van der Waals surface area contributed by atoms with E-state index >= 15 is 0 Å². The molecule has 5 nitrogen and oxygen atoms in total. The molecule has 3 rings (SSSR count). The van der Waals surface area contributed by atoms with E-state index in [2.05, 4.69) is 5.32 Å². The monoisotopic (exact) mass is 355 g/mol. The molecule has 1 saturated heterocycles. The van der Waals surface area contributed by atoms with Gasteiger partial charge >= 0.3 is 0 Å². The number of aryl methyl sites for hydroxylation is 1. The second kappa shape index (κ2) is 8.72.